The van der Waals surface area contributed by atoms with Crippen LogP contribution in [0.15, 0.2) is 24.3 Å². The predicted octanol–water partition coefficient (Wildman–Crippen LogP) is 2.48. The van der Waals surface area contributed by atoms with Crippen LogP contribution in [-0.2, 0) is 15.3 Å². The van der Waals surface area contributed by atoms with Gasteiger partial charge >= 0.3 is 5.97 Å². The molecule has 1 atom stereocenters. The van der Waals surface area contributed by atoms with E-state index in [-0.39, 0.29) is 11.8 Å². The Morgan fingerprint density at radius 1 is 1.35 bits per heavy atom. The van der Waals surface area contributed by atoms with E-state index in [1.165, 1.54) is 7.11 Å². The molecule has 1 aromatic carbocycles. The molecule has 110 valence electrons. The Hall–Kier alpha value is -1.49. The molecule has 1 aromatic rings. The predicted molar refractivity (Wildman–Crippen MR) is 81.8 cm³/mol. The van der Waals surface area contributed by atoms with Gasteiger partial charge in [-0.05, 0) is 29.9 Å². The minimum Gasteiger partial charge on any atom is -0.467 e. The van der Waals surface area contributed by atoms with Crippen molar-refractivity contribution in [2.45, 2.75) is 25.6 Å². The highest BCUT2D eigenvalue weighted by Gasteiger charge is 2.25. The minimum absolute atomic E-state index is 0.0271. The molecular formula is C15H21NO3S. The van der Waals surface area contributed by atoms with Crippen LogP contribution in [0, 0.1) is 5.92 Å². The summed E-state index contributed by atoms with van der Waals surface area (Å²) in [4.78, 5) is 23.9. The first-order valence-electron chi connectivity index (χ1n) is 6.46. The van der Waals surface area contributed by atoms with Crippen LogP contribution in [0.2, 0.25) is 0 Å². The van der Waals surface area contributed by atoms with Crippen LogP contribution in [0.4, 0.5) is 0 Å². The molecule has 0 aliphatic heterocycles. The lowest BCUT2D eigenvalue weighted by Crippen LogP contribution is -2.45. The Morgan fingerprint density at radius 2 is 2.05 bits per heavy atom. The van der Waals surface area contributed by atoms with E-state index in [0.717, 1.165) is 11.3 Å². The normalized spacial score (nSPS) is 12.1. The third-order valence-corrected chi connectivity index (χ3v) is 3.53. The lowest BCUT2D eigenvalue weighted by Gasteiger charge is -2.19. The number of amides is 1. The molecule has 0 radical (unpaired) electrons. The van der Waals surface area contributed by atoms with Gasteiger partial charge < -0.3 is 10.1 Å². The van der Waals surface area contributed by atoms with Crippen LogP contribution in [-0.4, -0.2) is 31.3 Å². The standard InChI is InChI=1S/C15H21NO3S/c1-10(2)13(15(18)19-3)16-14(17)12-7-5-6-11(8-12)9-20-4/h5-8,10,13H,9H2,1-4H3,(H,16,17). The quantitative estimate of drug-likeness (QED) is 0.819. The van der Waals surface area contributed by atoms with Crippen LogP contribution in [0.1, 0.15) is 29.8 Å². The van der Waals surface area contributed by atoms with Crippen molar-refractivity contribution >= 4 is 23.6 Å². The number of rotatable bonds is 6. The summed E-state index contributed by atoms with van der Waals surface area (Å²) in [5.74, 6) is 0.151. The van der Waals surface area contributed by atoms with E-state index >= 15 is 0 Å². The molecule has 4 nitrogen and oxygen atoms in total. The van der Waals surface area contributed by atoms with Crippen LogP contribution in [0.5, 0.6) is 0 Å². The maximum atomic E-state index is 12.2. The summed E-state index contributed by atoms with van der Waals surface area (Å²) < 4.78 is 4.72. The van der Waals surface area contributed by atoms with Gasteiger partial charge in [0.05, 0.1) is 7.11 Å². The fourth-order valence-electron chi connectivity index (χ4n) is 1.82. The number of benzene rings is 1. The van der Waals surface area contributed by atoms with E-state index in [1.807, 2.05) is 38.3 Å². The third-order valence-electron chi connectivity index (χ3n) is 2.91. The summed E-state index contributed by atoms with van der Waals surface area (Å²) >= 11 is 1.70. The number of hydrogen-bond donors (Lipinski definition) is 1. The smallest absolute Gasteiger partial charge is 0.328 e. The Kier molecular flexibility index (Phi) is 6.58. The summed E-state index contributed by atoms with van der Waals surface area (Å²) in [5, 5.41) is 2.73. The molecule has 20 heavy (non-hydrogen) atoms. The Morgan fingerprint density at radius 3 is 2.60 bits per heavy atom. The van der Waals surface area contributed by atoms with Gasteiger partial charge in [-0.1, -0.05) is 26.0 Å². The number of carbonyl (C=O) groups excluding carboxylic acids is 2. The zero-order valence-electron chi connectivity index (χ0n) is 12.3. The van der Waals surface area contributed by atoms with Gasteiger partial charge in [0.2, 0.25) is 0 Å². The number of carbonyl (C=O) groups is 2. The second kappa shape index (κ2) is 7.94. The number of esters is 1. The second-order valence-corrected chi connectivity index (χ2v) is 5.72. The molecule has 1 rings (SSSR count). The van der Waals surface area contributed by atoms with Gasteiger partial charge in [0, 0.05) is 11.3 Å². The molecule has 0 spiro atoms. The number of nitrogens with one attached hydrogen (secondary N) is 1. The average Bonchev–Trinajstić information content (AvgIpc) is 2.44. The van der Waals surface area contributed by atoms with E-state index < -0.39 is 12.0 Å². The third kappa shape index (κ3) is 4.56. The van der Waals surface area contributed by atoms with Gasteiger partial charge in [-0.2, -0.15) is 11.8 Å². The van der Waals surface area contributed by atoms with Gasteiger partial charge in [0.1, 0.15) is 6.04 Å². The molecule has 0 heterocycles. The van der Waals surface area contributed by atoms with E-state index in [2.05, 4.69) is 5.32 Å². The maximum Gasteiger partial charge on any atom is 0.328 e. The number of thioether (sulfide) groups is 1. The average molecular weight is 295 g/mol. The number of methoxy groups -OCH3 is 1. The first kappa shape index (κ1) is 16.6. The maximum absolute atomic E-state index is 12.2. The first-order valence-corrected chi connectivity index (χ1v) is 7.85. The van der Waals surface area contributed by atoms with Crippen LogP contribution >= 0.6 is 11.8 Å². The monoisotopic (exact) mass is 295 g/mol. The molecule has 0 aliphatic rings. The highest BCUT2D eigenvalue weighted by molar-refractivity contribution is 7.97. The zero-order valence-corrected chi connectivity index (χ0v) is 13.1. The van der Waals surface area contributed by atoms with E-state index in [9.17, 15) is 9.59 Å². The van der Waals surface area contributed by atoms with Crippen molar-refractivity contribution < 1.29 is 14.3 Å². The SMILES string of the molecule is COC(=O)C(NC(=O)c1cccc(CSC)c1)C(C)C. The molecule has 0 aromatic heterocycles. The lowest BCUT2D eigenvalue weighted by atomic mass is 10.0. The summed E-state index contributed by atoms with van der Waals surface area (Å²) in [6.45, 7) is 3.73. The highest BCUT2D eigenvalue weighted by atomic mass is 32.2. The molecule has 0 saturated heterocycles. The molecule has 1 N–H and O–H groups in total. The van der Waals surface area contributed by atoms with Crippen molar-refractivity contribution in [2.75, 3.05) is 13.4 Å². The molecule has 0 bridgehead atoms. The van der Waals surface area contributed by atoms with Crippen molar-refractivity contribution in [2.24, 2.45) is 5.92 Å². The topological polar surface area (TPSA) is 55.4 Å². The van der Waals surface area contributed by atoms with Crippen LogP contribution in [0.25, 0.3) is 0 Å². The summed E-state index contributed by atoms with van der Waals surface area (Å²) in [6, 6.07) is 6.79. The Labute approximate surface area is 124 Å². The molecular weight excluding hydrogens is 274 g/mol. The molecule has 0 fully saturated rings. The number of hydrogen-bond acceptors (Lipinski definition) is 4. The lowest BCUT2D eigenvalue weighted by molar-refractivity contribution is -0.144. The summed E-state index contributed by atoms with van der Waals surface area (Å²) in [7, 11) is 1.32. The Balaban J connectivity index is 2.83. The van der Waals surface area contributed by atoms with Gasteiger partial charge in [0.25, 0.3) is 5.91 Å². The molecule has 0 aliphatic carbocycles. The highest BCUT2D eigenvalue weighted by Crippen LogP contribution is 2.12. The van der Waals surface area contributed by atoms with Crippen molar-refractivity contribution in [3.8, 4) is 0 Å². The van der Waals surface area contributed by atoms with Crippen molar-refractivity contribution in [3.05, 3.63) is 35.4 Å². The first-order chi connectivity index (χ1) is 9.49. The van der Waals surface area contributed by atoms with Crippen LogP contribution < -0.4 is 5.32 Å². The fraction of sp³-hybridized carbons (Fsp3) is 0.467. The van der Waals surface area contributed by atoms with Crippen LogP contribution in [0.3, 0.4) is 0 Å². The van der Waals surface area contributed by atoms with Gasteiger partial charge in [-0.15, -0.1) is 0 Å². The van der Waals surface area contributed by atoms with Crippen molar-refractivity contribution in [1.29, 1.82) is 0 Å². The zero-order chi connectivity index (χ0) is 15.1. The second-order valence-electron chi connectivity index (χ2n) is 4.85. The van der Waals surface area contributed by atoms with Crippen molar-refractivity contribution in [1.82, 2.24) is 5.32 Å². The fourth-order valence-corrected chi connectivity index (χ4v) is 2.33. The summed E-state index contributed by atoms with van der Waals surface area (Å²) in [6.07, 6.45) is 2.01. The van der Waals surface area contributed by atoms with Crippen molar-refractivity contribution in [3.63, 3.8) is 0 Å². The molecule has 5 heteroatoms. The Bertz CT molecular complexity index is 474. The molecule has 1 unspecified atom stereocenters. The number of ether oxygens (including phenoxy) is 1. The minimum atomic E-state index is -0.628. The van der Waals surface area contributed by atoms with E-state index in [4.69, 9.17) is 4.74 Å². The van der Waals surface area contributed by atoms with E-state index in [1.54, 1.807) is 17.8 Å². The van der Waals surface area contributed by atoms with Gasteiger partial charge in [0.15, 0.2) is 0 Å². The largest absolute Gasteiger partial charge is 0.467 e. The molecule has 0 saturated carbocycles. The molecule has 1 amide bonds. The van der Waals surface area contributed by atoms with Gasteiger partial charge in [-0.3, -0.25) is 4.79 Å². The van der Waals surface area contributed by atoms with Gasteiger partial charge in [-0.25, -0.2) is 4.79 Å². The van der Waals surface area contributed by atoms with E-state index in [0.29, 0.717) is 5.56 Å². The summed E-state index contributed by atoms with van der Waals surface area (Å²) in [5.41, 5.74) is 1.65.